The van der Waals surface area contributed by atoms with E-state index in [4.69, 9.17) is 4.52 Å². The Bertz CT molecular complexity index is 1030. The number of hydrogen-bond donors (Lipinski definition) is 2. The maximum Gasteiger partial charge on any atom is 0.416 e. The van der Waals surface area contributed by atoms with Gasteiger partial charge in [-0.05, 0) is 31.9 Å². The average molecular weight is 495 g/mol. The Labute approximate surface area is 201 Å². The van der Waals surface area contributed by atoms with Crippen LogP contribution in [0.1, 0.15) is 50.1 Å². The van der Waals surface area contributed by atoms with Crippen molar-refractivity contribution in [2.24, 2.45) is 0 Å². The lowest BCUT2D eigenvalue weighted by Gasteiger charge is -2.36. The lowest BCUT2D eigenvalue weighted by molar-refractivity contribution is -0.137. The first-order valence-corrected chi connectivity index (χ1v) is 11.8. The van der Waals surface area contributed by atoms with Gasteiger partial charge in [0.2, 0.25) is 17.6 Å². The van der Waals surface area contributed by atoms with Gasteiger partial charge >= 0.3 is 12.2 Å². The molecule has 4 rings (SSSR count). The van der Waals surface area contributed by atoms with Crippen LogP contribution in [0.15, 0.2) is 28.8 Å². The van der Waals surface area contributed by atoms with Crippen LogP contribution in [0.4, 0.5) is 18.0 Å². The van der Waals surface area contributed by atoms with E-state index in [2.05, 4.69) is 25.7 Å². The van der Waals surface area contributed by atoms with Crippen molar-refractivity contribution in [3.05, 3.63) is 35.7 Å². The van der Waals surface area contributed by atoms with E-state index in [1.165, 1.54) is 12.1 Å². The lowest BCUT2D eigenvalue weighted by Crippen LogP contribution is -2.52. The zero-order valence-corrected chi connectivity index (χ0v) is 19.5. The first-order chi connectivity index (χ1) is 16.7. The Balaban J connectivity index is 1.26. The Morgan fingerprint density at radius 2 is 1.89 bits per heavy atom. The Kier molecular flexibility index (Phi) is 7.70. The molecule has 1 aromatic heterocycles. The van der Waals surface area contributed by atoms with Gasteiger partial charge in [-0.3, -0.25) is 19.9 Å². The molecule has 1 aliphatic carbocycles. The largest absolute Gasteiger partial charge is 0.416 e. The molecule has 2 fully saturated rings. The summed E-state index contributed by atoms with van der Waals surface area (Å²) in [6.07, 6.45) is -0.367. The number of halogens is 3. The number of carbonyl (C=O) groups excluding carboxylic acids is 2. The average Bonchev–Trinajstić information content (AvgIpc) is 3.51. The van der Waals surface area contributed by atoms with Crippen LogP contribution < -0.4 is 10.6 Å². The van der Waals surface area contributed by atoms with Gasteiger partial charge in [-0.1, -0.05) is 30.1 Å². The molecule has 12 heteroatoms. The standard InChI is InChI=1S/C23H29F3N6O3/c1-15(21-29-20(30-35-21)16-5-4-6-17(13-16)23(24,25)26)32-11-9-31(10-12-32)14-19(33)28-22(34)27-18-7-2-3-8-18/h4-6,13,15,18H,2-3,7-12,14H2,1H3,(H2,27,28,33,34). The summed E-state index contributed by atoms with van der Waals surface area (Å²) < 4.78 is 44.3. The molecule has 0 bridgehead atoms. The van der Waals surface area contributed by atoms with Crippen molar-refractivity contribution in [1.82, 2.24) is 30.6 Å². The topological polar surface area (TPSA) is 104 Å². The molecule has 2 aromatic rings. The second-order valence-electron chi connectivity index (χ2n) is 9.03. The van der Waals surface area contributed by atoms with Crippen molar-refractivity contribution in [3.8, 4) is 11.4 Å². The van der Waals surface area contributed by atoms with E-state index in [-0.39, 0.29) is 35.9 Å². The highest BCUT2D eigenvalue weighted by molar-refractivity contribution is 5.95. The molecule has 2 N–H and O–H groups in total. The molecule has 3 amide bonds. The summed E-state index contributed by atoms with van der Waals surface area (Å²) in [5.74, 6) is 0.0703. The summed E-state index contributed by atoms with van der Waals surface area (Å²) in [7, 11) is 0. The van der Waals surface area contributed by atoms with Crippen LogP contribution in [0.3, 0.4) is 0 Å². The van der Waals surface area contributed by atoms with Crippen LogP contribution in [0, 0.1) is 0 Å². The molecule has 1 aromatic carbocycles. The summed E-state index contributed by atoms with van der Waals surface area (Å²) in [5, 5.41) is 9.09. The third kappa shape index (κ3) is 6.57. The second-order valence-corrected chi connectivity index (χ2v) is 9.03. The van der Waals surface area contributed by atoms with Gasteiger partial charge in [0.25, 0.3) is 0 Å². The van der Waals surface area contributed by atoms with Crippen LogP contribution in [0.25, 0.3) is 11.4 Å². The van der Waals surface area contributed by atoms with Gasteiger partial charge in [-0.25, -0.2) is 4.79 Å². The van der Waals surface area contributed by atoms with Gasteiger partial charge in [0, 0.05) is 37.8 Å². The molecule has 9 nitrogen and oxygen atoms in total. The number of aromatic nitrogens is 2. The zero-order chi connectivity index (χ0) is 25.0. The highest BCUT2D eigenvalue weighted by Crippen LogP contribution is 2.32. The molecular weight excluding hydrogens is 465 g/mol. The van der Waals surface area contributed by atoms with E-state index in [0.29, 0.717) is 32.1 Å². The van der Waals surface area contributed by atoms with Gasteiger partial charge in [0.1, 0.15) is 0 Å². The zero-order valence-electron chi connectivity index (χ0n) is 19.5. The number of urea groups is 1. The third-order valence-corrected chi connectivity index (χ3v) is 6.51. The lowest BCUT2D eigenvalue weighted by atomic mass is 10.1. The summed E-state index contributed by atoms with van der Waals surface area (Å²) >= 11 is 0. The van der Waals surface area contributed by atoms with Gasteiger partial charge in [-0.15, -0.1) is 0 Å². The number of rotatable bonds is 6. The number of amides is 3. The van der Waals surface area contributed by atoms with Crippen LogP contribution in [-0.4, -0.2) is 70.6 Å². The van der Waals surface area contributed by atoms with E-state index in [0.717, 1.165) is 37.8 Å². The van der Waals surface area contributed by atoms with Crippen molar-refractivity contribution in [2.75, 3.05) is 32.7 Å². The van der Waals surface area contributed by atoms with E-state index >= 15 is 0 Å². The highest BCUT2D eigenvalue weighted by Gasteiger charge is 2.31. The van der Waals surface area contributed by atoms with E-state index < -0.39 is 17.8 Å². The molecule has 0 spiro atoms. The smallest absolute Gasteiger partial charge is 0.337 e. The van der Waals surface area contributed by atoms with Crippen molar-refractivity contribution < 1.29 is 27.3 Å². The fourth-order valence-corrected chi connectivity index (χ4v) is 4.48. The molecule has 0 radical (unpaired) electrons. The van der Waals surface area contributed by atoms with Crippen LogP contribution in [0.5, 0.6) is 0 Å². The molecule has 1 unspecified atom stereocenters. The van der Waals surface area contributed by atoms with Gasteiger partial charge < -0.3 is 9.84 Å². The fraction of sp³-hybridized carbons (Fsp3) is 0.565. The van der Waals surface area contributed by atoms with Gasteiger partial charge in [0.15, 0.2) is 0 Å². The van der Waals surface area contributed by atoms with Crippen molar-refractivity contribution >= 4 is 11.9 Å². The quantitative estimate of drug-likeness (QED) is 0.636. The fourth-order valence-electron chi connectivity index (χ4n) is 4.48. The number of imide groups is 1. The SMILES string of the molecule is CC(c1nc(-c2cccc(C(F)(F)F)c2)no1)N1CCN(CC(=O)NC(=O)NC2CCCC2)CC1. The number of benzene rings is 1. The number of nitrogens with one attached hydrogen (secondary N) is 2. The van der Waals surface area contributed by atoms with Crippen LogP contribution >= 0.6 is 0 Å². The molecular formula is C23H29F3N6O3. The summed E-state index contributed by atoms with van der Waals surface area (Å²) in [6, 6.07) is 4.27. The summed E-state index contributed by atoms with van der Waals surface area (Å²) in [5.41, 5.74) is -0.541. The maximum atomic E-state index is 13.0. The van der Waals surface area contributed by atoms with E-state index in [9.17, 15) is 22.8 Å². The minimum atomic E-state index is -4.45. The Morgan fingerprint density at radius 1 is 1.17 bits per heavy atom. The maximum absolute atomic E-state index is 13.0. The first-order valence-electron chi connectivity index (χ1n) is 11.8. The molecule has 2 aliphatic rings. The van der Waals surface area contributed by atoms with Gasteiger partial charge in [-0.2, -0.15) is 18.2 Å². The minimum Gasteiger partial charge on any atom is -0.337 e. The summed E-state index contributed by atoms with van der Waals surface area (Å²) in [6.45, 7) is 4.49. The predicted octanol–water partition coefficient (Wildman–Crippen LogP) is 3.20. The highest BCUT2D eigenvalue weighted by atomic mass is 19.4. The number of piperazine rings is 1. The monoisotopic (exact) mass is 494 g/mol. The third-order valence-electron chi connectivity index (χ3n) is 6.51. The summed E-state index contributed by atoms with van der Waals surface area (Å²) in [4.78, 5) is 32.6. The molecule has 35 heavy (non-hydrogen) atoms. The predicted molar refractivity (Wildman–Crippen MR) is 120 cm³/mol. The second kappa shape index (κ2) is 10.7. The van der Waals surface area contributed by atoms with Gasteiger partial charge in [0.05, 0.1) is 18.2 Å². The van der Waals surface area contributed by atoms with Crippen molar-refractivity contribution in [3.63, 3.8) is 0 Å². The van der Waals surface area contributed by atoms with Crippen LogP contribution in [0.2, 0.25) is 0 Å². The number of hydrogen-bond acceptors (Lipinski definition) is 7. The molecule has 2 heterocycles. The Morgan fingerprint density at radius 3 is 2.57 bits per heavy atom. The molecule has 1 saturated heterocycles. The number of nitrogens with zero attached hydrogens (tertiary/aromatic N) is 4. The van der Waals surface area contributed by atoms with Crippen LogP contribution in [-0.2, 0) is 11.0 Å². The molecule has 1 saturated carbocycles. The van der Waals surface area contributed by atoms with E-state index in [1.807, 2.05) is 11.8 Å². The number of alkyl halides is 3. The van der Waals surface area contributed by atoms with Crippen molar-refractivity contribution in [2.45, 2.75) is 50.9 Å². The Hall–Kier alpha value is -2.99. The molecule has 1 atom stereocenters. The normalized spacial score (nSPS) is 19.0. The molecule has 190 valence electrons. The minimum absolute atomic E-state index is 0.101. The molecule has 1 aliphatic heterocycles. The van der Waals surface area contributed by atoms with Crippen molar-refractivity contribution in [1.29, 1.82) is 0 Å². The van der Waals surface area contributed by atoms with E-state index in [1.54, 1.807) is 0 Å². The number of carbonyl (C=O) groups is 2. The first kappa shape index (κ1) is 25.1.